The highest BCUT2D eigenvalue weighted by molar-refractivity contribution is 5.80. The lowest BCUT2D eigenvalue weighted by molar-refractivity contribution is -0.146. The second-order valence-corrected chi connectivity index (χ2v) is 6.45. The largest absolute Gasteiger partial charge is 0.469 e. The van der Waals surface area contributed by atoms with Gasteiger partial charge in [0.25, 0.3) is 0 Å². The van der Waals surface area contributed by atoms with Gasteiger partial charge < -0.3 is 10.1 Å². The molecule has 1 aliphatic carbocycles. The van der Waals surface area contributed by atoms with E-state index in [2.05, 4.69) is 50.4 Å². The van der Waals surface area contributed by atoms with E-state index in [0.717, 1.165) is 18.5 Å². The molecule has 0 atom stereocenters. The van der Waals surface area contributed by atoms with E-state index in [9.17, 15) is 4.79 Å². The highest BCUT2D eigenvalue weighted by Crippen LogP contribution is 2.46. The van der Waals surface area contributed by atoms with Crippen molar-refractivity contribution < 1.29 is 9.53 Å². The first kappa shape index (κ1) is 13.9. The topological polar surface area (TPSA) is 38.3 Å². The van der Waals surface area contributed by atoms with Crippen LogP contribution in [0.1, 0.15) is 39.2 Å². The Morgan fingerprint density at radius 1 is 1.26 bits per heavy atom. The van der Waals surface area contributed by atoms with E-state index >= 15 is 0 Å². The van der Waals surface area contributed by atoms with E-state index in [1.54, 1.807) is 0 Å². The van der Waals surface area contributed by atoms with Gasteiger partial charge in [0.05, 0.1) is 12.5 Å². The Hall–Kier alpha value is -1.51. The molecular weight excluding hydrogens is 238 g/mol. The van der Waals surface area contributed by atoms with Crippen molar-refractivity contribution in [3.8, 4) is 0 Å². The highest BCUT2D eigenvalue weighted by atomic mass is 16.5. The van der Waals surface area contributed by atoms with E-state index in [1.165, 1.54) is 12.7 Å². The molecule has 2 rings (SSSR count). The molecule has 0 saturated heterocycles. The van der Waals surface area contributed by atoms with E-state index in [0.29, 0.717) is 6.54 Å². The standard InChI is InChI=1S/C16H23NO2/c1-15(2,3)12-5-7-13(8-6-12)17-11-16(9-10-16)14(18)19-4/h5-8,17H,9-11H2,1-4H3. The minimum absolute atomic E-state index is 0.0914. The van der Waals surface area contributed by atoms with Crippen LogP contribution in [0.3, 0.4) is 0 Å². The SMILES string of the molecule is COC(=O)C1(CNc2ccc(C(C)(C)C)cc2)CC1. The van der Waals surface area contributed by atoms with Gasteiger partial charge in [-0.3, -0.25) is 4.79 Å². The predicted molar refractivity (Wildman–Crippen MR) is 77.3 cm³/mol. The van der Waals surface area contributed by atoms with Crippen LogP contribution in [0.4, 0.5) is 5.69 Å². The van der Waals surface area contributed by atoms with Crippen LogP contribution in [0.25, 0.3) is 0 Å². The van der Waals surface area contributed by atoms with Crippen molar-refractivity contribution in [3.63, 3.8) is 0 Å². The number of benzene rings is 1. The summed E-state index contributed by atoms with van der Waals surface area (Å²) in [4.78, 5) is 11.6. The van der Waals surface area contributed by atoms with E-state index in [1.807, 2.05) is 0 Å². The van der Waals surface area contributed by atoms with Gasteiger partial charge in [-0.05, 0) is 36.0 Å². The number of rotatable bonds is 4. The Labute approximate surface area is 115 Å². The maximum absolute atomic E-state index is 11.6. The average Bonchev–Trinajstić information content (AvgIpc) is 3.16. The molecule has 1 aromatic carbocycles. The molecule has 0 aliphatic heterocycles. The molecule has 1 aromatic rings. The first-order chi connectivity index (χ1) is 8.87. The first-order valence-electron chi connectivity index (χ1n) is 6.80. The molecular formula is C16H23NO2. The molecule has 19 heavy (non-hydrogen) atoms. The Bertz CT molecular complexity index is 453. The summed E-state index contributed by atoms with van der Waals surface area (Å²) in [5.41, 5.74) is 2.26. The molecule has 1 fully saturated rings. The summed E-state index contributed by atoms with van der Waals surface area (Å²) in [6.07, 6.45) is 1.85. The van der Waals surface area contributed by atoms with Crippen molar-refractivity contribution >= 4 is 11.7 Å². The number of carbonyl (C=O) groups excluding carboxylic acids is 1. The number of ether oxygens (including phenoxy) is 1. The molecule has 1 aliphatic rings. The van der Waals surface area contributed by atoms with Gasteiger partial charge in [0, 0.05) is 12.2 Å². The molecule has 104 valence electrons. The lowest BCUT2D eigenvalue weighted by Crippen LogP contribution is -2.26. The van der Waals surface area contributed by atoms with Crippen LogP contribution >= 0.6 is 0 Å². The molecule has 0 radical (unpaired) electrons. The van der Waals surface area contributed by atoms with Crippen LogP contribution in [0.2, 0.25) is 0 Å². The minimum Gasteiger partial charge on any atom is -0.469 e. The van der Waals surface area contributed by atoms with Gasteiger partial charge in [-0.15, -0.1) is 0 Å². The van der Waals surface area contributed by atoms with Crippen LogP contribution in [-0.2, 0) is 14.9 Å². The van der Waals surface area contributed by atoms with E-state index in [-0.39, 0.29) is 16.8 Å². The normalized spacial score (nSPS) is 16.8. The summed E-state index contributed by atoms with van der Waals surface area (Å²) >= 11 is 0. The molecule has 0 aromatic heterocycles. The molecule has 1 N–H and O–H groups in total. The minimum atomic E-state index is -0.280. The smallest absolute Gasteiger partial charge is 0.313 e. The second kappa shape index (κ2) is 4.87. The summed E-state index contributed by atoms with van der Waals surface area (Å²) in [6.45, 7) is 7.26. The zero-order valence-electron chi connectivity index (χ0n) is 12.2. The molecule has 1 saturated carbocycles. The zero-order chi connectivity index (χ0) is 14.1. The monoisotopic (exact) mass is 261 g/mol. The van der Waals surface area contributed by atoms with Crippen LogP contribution in [0.15, 0.2) is 24.3 Å². The lowest BCUT2D eigenvalue weighted by atomic mass is 9.87. The van der Waals surface area contributed by atoms with Crippen LogP contribution < -0.4 is 5.32 Å². The van der Waals surface area contributed by atoms with Crippen molar-refractivity contribution in [3.05, 3.63) is 29.8 Å². The Morgan fingerprint density at radius 2 is 1.84 bits per heavy atom. The number of hydrogen-bond donors (Lipinski definition) is 1. The molecule has 0 unspecified atom stereocenters. The third-order valence-corrected chi connectivity index (χ3v) is 3.85. The van der Waals surface area contributed by atoms with Gasteiger partial charge in [0.1, 0.15) is 0 Å². The van der Waals surface area contributed by atoms with Crippen LogP contribution in [-0.4, -0.2) is 19.6 Å². The van der Waals surface area contributed by atoms with Gasteiger partial charge in [0.2, 0.25) is 0 Å². The molecule has 3 heteroatoms. The molecule has 0 heterocycles. The fourth-order valence-electron chi connectivity index (χ4n) is 2.18. The van der Waals surface area contributed by atoms with Gasteiger partial charge in [0.15, 0.2) is 0 Å². The van der Waals surface area contributed by atoms with Crippen molar-refractivity contribution in [2.45, 2.75) is 39.0 Å². The Balaban J connectivity index is 1.96. The number of hydrogen-bond acceptors (Lipinski definition) is 3. The molecule has 0 spiro atoms. The van der Waals surface area contributed by atoms with Crippen molar-refractivity contribution in [2.75, 3.05) is 19.0 Å². The Morgan fingerprint density at radius 3 is 2.26 bits per heavy atom. The number of methoxy groups -OCH3 is 1. The molecule has 0 amide bonds. The summed E-state index contributed by atoms with van der Waals surface area (Å²) in [7, 11) is 1.46. The molecule has 3 nitrogen and oxygen atoms in total. The predicted octanol–water partition coefficient (Wildman–Crippen LogP) is 3.35. The Kier molecular flexibility index (Phi) is 3.57. The fourth-order valence-corrected chi connectivity index (χ4v) is 2.18. The zero-order valence-corrected chi connectivity index (χ0v) is 12.2. The first-order valence-corrected chi connectivity index (χ1v) is 6.80. The maximum Gasteiger partial charge on any atom is 0.313 e. The summed E-state index contributed by atoms with van der Waals surface area (Å²) in [5.74, 6) is -0.0914. The number of esters is 1. The van der Waals surface area contributed by atoms with Gasteiger partial charge in [-0.2, -0.15) is 0 Å². The highest BCUT2D eigenvalue weighted by Gasteiger charge is 2.50. The van der Waals surface area contributed by atoms with Crippen molar-refractivity contribution in [1.29, 1.82) is 0 Å². The van der Waals surface area contributed by atoms with Crippen LogP contribution in [0, 0.1) is 5.41 Å². The second-order valence-electron chi connectivity index (χ2n) is 6.45. The summed E-state index contributed by atoms with van der Waals surface area (Å²) < 4.78 is 4.85. The van der Waals surface area contributed by atoms with Gasteiger partial charge in [-0.25, -0.2) is 0 Å². The van der Waals surface area contributed by atoms with Gasteiger partial charge in [-0.1, -0.05) is 32.9 Å². The quantitative estimate of drug-likeness (QED) is 0.845. The summed E-state index contributed by atoms with van der Waals surface area (Å²) in [5, 5.41) is 3.34. The molecule has 0 bridgehead atoms. The van der Waals surface area contributed by atoms with E-state index < -0.39 is 0 Å². The van der Waals surface area contributed by atoms with Crippen molar-refractivity contribution in [2.24, 2.45) is 5.41 Å². The average molecular weight is 261 g/mol. The van der Waals surface area contributed by atoms with Crippen LogP contribution in [0.5, 0.6) is 0 Å². The summed E-state index contributed by atoms with van der Waals surface area (Å²) in [6, 6.07) is 8.43. The number of anilines is 1. The fraction of sp³-hybridized carbons (Fsp3) is 0.562. The number of nitrogens with one attached hydrogen (secondary N) is 1. The van der Waals surface area contributed by atoms with Crippen molar-refractivity contribution in [1.82, 2.24) is 0 Å². The maximum atomic E-state index is 11.6. The lowest BCUT2D eigenvalue weighted by Gasteiger charge is -2.20. The van der Waals surface area contributed by atoms with E-state index in [4.69, 9.17) is 4.74 Å². The third-order valence-electron chi connectivity index (χ3n) is 3.85. The third kappa shape index (κ3) is 3.09. The van der Waals surface area contributed by atoms with Gasteiger partial charge >= 0.3 is 5.97 Å². The number of carbonyl (C=O) groups is 1.